The molecule has 0 aliphatic heterocycles. The molecule has 0 saturated heterocycles. The highest BCUT2D eigenvalue weighted by Crippen LogP contribution is 2.44. The van der Waals surface area contributed by atoms with E-state index in [1.165, 1.54) is 76.7 Å². The van der Waals surface area contributed by atoms with E-state index in [9.17, 15) is 0 Å². The van der Waals surface area contributed by atoms with E-state index in [1.54, 1.807) is 0 Å². The van der Waals surface area contributed by atoms with E-state index in [-0.39, 0.29) is 0 Å². The van der Waals surface area contributed by atoms with Gasteiger partial charge in [-0.25, -0.2) is 0 Å². The molecule has 0 fully saturated rings. The van der Waals surface area contributed by atoms with Crippen LogP contribution in [0.2, 0.25) is 0 Å². The van der Waals surface area contributed by atoms with Crippen molar-refractivity contribution in [1.82, 2.24) is 9.55 Å². The molecule has 0 amide bonds. The second kappa shape index (κ2) is 10.3. The third kappa shape index (κ3) is 4.07. The zero-order valence-corrected chi connectivity index (χ0v) is 24.6. The van der Waals surface area contributed by atoms with Crippen molar-refractivity contribution in [1.29, 1.82) is 0 Å². The third-order valence-corrected chi connectivity index (χ3v) is 9.09. The van der Waals surface area contributed by atoms with Gasteiger partial charge in [-0.1, -0.05) is 121 Å². The van der Waals surface area contributed by atoms with Gasteiger partial charge in [0, 0.05) is 28.9 Å². The molecule has 0 unspecified atom stereocenters. The number of nitrogens with zero attached hydrogens (tertiary/aromatic N) is 2. The maximum atomic E-state index is 4.18. The zero-order valence-electron chi connectivity index (χ0n) is 24.6. The molecular weight excluding hydrogens is 544 g/mol. The molecule has 0 bridgehead atoms. The molecule has 0 atom stereocenters. The molecule has 9 rings (SSSR count). The van der Waals surface area contributed by atoms with E-state index in [2.05, 4.69) is 167 Å². The predicted octanol–water partition coefficient (Wildman–Crippen LogP) is 11.5. The highest BCUT2D eigenvalue weighted by atomic mass is 15.0. The summed E-state index contributed by atoms with van der Waals surface area (Å²) in [5, 5.41) is 7.56. The Kier molecular flexibility index (Phi) is 5.85. The fourth-order valence-electron chi connectivity index (χ4n) is 7.13. The molecule has 0 saturated carbocycles. The fraction of sp³-hybridized carbons (Fsp3) is 0. The first-order valence-corrected chi connectivity index (χ1v) is 15.4. The smallest absolute Gasteiger partial charge is 0.0541 e. The van der Waals surface area contributed by atoms with Crippen molar-refractivity contribution in [2.24, 2.45) is 0 Å². The van der Waals surface area contributed by atoms with Gasteiger partial charge >= 0.3 is 0 Å². The Morgan fingerprint density at radius 3 is 1.33 bits per heavy atom. The van der Waals surface area contributed by atoms with Crippen molar-refractivity contribution in [2.45, 2.75) is 0 Å². The standard InChI is InChI=1S/C43H28N2/c1-3-16-38-36(14-1)42(31-22-20-29(21-23-31)30-24-26-44-27-25-30)37-15-2-4-17-39(37)43(38)32-10-9-11-33(28-32)45-40-18-7-5-12-34(40)35-13-6-8-19-41(35)45/h1-28H. The van der Waals surface area contributed by atoms with Crippen LogP contribution in [-0.4, -0.2) is 9.55 Å². The van der Waals surface area contributed by atoms with Gasteiger partial charge in [0.25, 0.3) is 0 Å². The molecule has 2 heteroatoms. The summed E-state index contributed by atoms with van der Waals surface area (Å²) in [6.07, 6.45) is 3.69. The van der Waals surface area contributed by atoms with Gasteiger partial charge in [0.05, 0.1) is 11.0 Å². The van der Waals surface area contributed by atoms with Crippen molar-refractivity contribution in [3.8, 4) is 39.1 Å². The van der Waals surface area contributed by atoms with Crippen molar-refractivity contribution in [3.05, 3.63) is 170 Å². The third-order valence-electron chi connectivity index (χ3n) is 9.09. The number of para-hydroxylation sites is 2. The largest absolute Gasteiger partial charge is 0.309 e. The van der Waals surface area contributed by atoms with E-state index in [1.807, 2.05) is 12.4 Å². The van der Waals surface area contributed by atoms with Crippen LogP contribution in [0.25, 0.3) is 82.4 Å². The first-order chi connectivity index (χ1) is 22.3. The first-order valence-electron chi connectivity index (χ1n) is 15.4. The number of hydrogen-bond donors (Lipinski definition) is 0. The van der Waals surface area contributed by atoms with Crippen molar-refractivity contribution >= 4 is 43.4 Å². The summed E-state index contributed by atoms with van der Waals surface area (Å²) in [5.41, 5.74) is 10.9. The van der Waals surface area contributed by atoms with Crippen LogP contribution in [0.4, 0.5) is 0 Å². The fourth-order valence-corrected chi connectivity index (χ4v) is 7.13. The van der Waals surface area contributed by atoms with Gasteiger partial charge in [-0.3, -0.25) is 4.98 Å². The van der Waals surface area contributed by atoms with Gasteiger partial charge in [-0.05, 0) is 91.3 Å². The monoisotopic (exact) mass is 572 g/mol. The van der Waals surface area contributed by atoms with Crippen LogP contribution in [-0.2, 0) is 0 Å². The highest BCUT2D eigenvalue weighted by Gasteiger charge is 2.18. The normalized spacial score (nSPS) is 11.6. The maximum absolute atomic E-state index is 4.18. The topological polar surface area (TPSA) is 17.8 Å². The Labute approximate surface area is 261 Å². The molecule has 45 heavy (non-hydrogen) atoms. The van der Waals surface area contributed by atoms with E-state index >= 15 is 0 Å². The van der Waals surface area contributed by atoms with Gasteiger partial charge in [0.15, 0.2) is 0 Å². The van der Waals surface area contributed by atoms with Gasteiger partial charge in [0.2, 0.25) is 0 Å². The Morgan fingerprint density at radius 1 is 0.333 bits per heavy atom. The summed E-state index contributed by atoms with van der Waals surface area (Å²) < 4.78 is 2.40. The van der Waals surface area contributed by atoms with E-state index in [0.717, 1.165) is 5.69 Å². The lowest BCUT2D eigenvalue weighted by molar-refractivity contribution is 1.18. The number of rotatable bonds is 4. The Morgan fingerprint density at radius 2 is 0.778 bits per heavy atom. The van der Waals surface area contributed by atoms with Crippen LogP contribution in [0, 0.1) is 0 Å². The first kappa shape index (κ1) is 25.5. The lowest BCUT2D eigenvalue weighted by atomic mass is 9.85. The maximum Gasteiger partial charge on any atom is 0.0541 e. The number of pyridine rings is 1. The highest BCUT2D eigenvalue weighted by molar-refractivity contribution is 6.21. The molecule has 7 aromatic carbocycles. The molecule has 0 aliphatic rings. The molecule has 0 radical (unpaired) electrons. The average Bonchev–Trinajstić information content (AvgIpc) is 3.45. The summed E-state index contributed by atoms with van der Waals surface area (Å²) in [6.45, 7) is 0. The molecule has 0 N–H and O–H groups in total. The van der Waals surface area contributed by atoms with Crippen LogP contribution in [0.15, 0.2) is 170 Å². The lowest BCUT2D eigenvalue weighted by Crippen LogP contribution is -1.95. The molecule has 210 valence electrons. The SMILES string of the molecule is c1cc(-c2c3ccccc3c(-c3ccc(-c4ccncc4)cc3)c3ccccc23)cc(-n2c3ccccc3c3ccccc32)c1. The molecule has 9 aromatic rings. The quantitative estimate of drug-likeness (QED) is 0.192. The van der Waals surface area contributed by atoms with Crippen LogP contribution < -0.4 is 0 Å². The Balaban J connectivity index is 1.28. The van der Waals surface area contributed by atoms with Crippen LogP contribution in [0.1, 0.15) is 0 Å². The van der Waals surface area contributed by atoms with Gasteiger partial charge in [0.1, 0.15) is 0 Å². The summed E-state index contributed by atoms with van der Waals surface area (Å²) >= 11 is 0. The second-order valence-electron chi connectivity index (χ2n) is 11.6. The van der Waals surface area contributed by atoms with Crippen molar-refractivity contribution < 1.29 is 0 Å². The minimum Gasteiger partial charge on any atom is -0.309 e. The summed E-state index contributed by atoms with van der Waals surface area (Å²) in [7, 11) is 0. The van der Waals surface area contributed by atoms with Crippen LogP contribution in [0.3, 0.4) is 0 Å². The van der Waals surface area contributed by atoms with E-state index in [0.29, 0.717) is 0 Å². The van der Waals surface area contributed by atoms with Crippen molar-refractivity contribution in [2.75, 3.05) is 0 Å². The minimum atomic E-state index is 1.16. The summed E-state index contributed by atoms with van der Waals surface area (Å²) in [5.74, 6) is 0. The summed E-state index contributed by atoms with van der Waals surface area (Å²) in [4.78, 5) is 4.18. The minimum absolute atomic E-state index is 1.16. The van der Waals surface area contributed by atoms with Crippen LogP contribution >= 0.6 is 0 Å². The van der Waals surface area contributed by atoms with Crippen molar-refractivity contribution in [3.63, 3.8) is 0 Å². The zero-order chi connectivity index (χ0) is 29.7. The predicted molar refractivity (Wildman–Crippen MR) is 190 cm³/mol. The van der Waals surface area contributed by atoms with Crippen LogP contribution in [0.5, 0.6) is 0 Å². The van der Waals surface area contributed by atoms with Gasteiger partial charge in [-0.15, -0.1) is 0 Å². The molecule has 2 aromatic heterocycles. The molecular formula is C43H28N2. The number of hydrogen-bond acceptors (Lipinski definition) is 1. The molecule has 2 heterocycles. The number of benzene rings is 7. The summed E-state index contributed by atoms with van der Waals surface area (Å²) in [6, 6.07) is 57.3. The Hall–Kier alpha value is -5.99. The number of fused-ring (bicyclic) bond motifs is 5. The number of aromatic nitrogens is 2. The van der Waals surface area contributed by atoms with Gasteiger partial charge in [-0.2, -0.15) is 0 Å². The van der Waals surface area contributed by atoms with Gasteiger partial charge < -0.3 is 4.57 Å². The second-order valence-corrected chi connectivity index (χ2v) is 11.6. The molecule has 2 nitrogen and oxygen atoms in total. The lowest BCUT2D eigenvalue weighted by Gasteiger charge is -2.18. The van der Waals surface area contributed by atoms with E-state index < -0.39 is 0 Å². The van der Waals surface area contributed by atoms with E-state index in [4.69, 9.17) is 0 Å². The molecule has 0 spiro atoms. The Bertz CT molecular complexity index is 2410. The average molecular weight is 573 g/mol. The molecule has 0 aliphatic carbocycles.